The van der Waals surface area contributed by atoms with Crippen LogP contribution in [0, 0.1) is 0 Å². The Morgan fingerprint density at radius 2 is 1.65 bits per heavy atom. The van der Waals surface area contributed by atoms with E-state index in [4.69, 9.17) is 4.74 Å². The van der Waals surface area contributed by atoms with Crippen LogP contribution in [0.15, 0.2) is 29.7 Å². The Kier molecular flexibility index (Phi) is 7.38. The predicted molar refractivity (Wildman–Crippen MR) is 117 cm³/mol. The first-order valence-corrected chi connectivity index (χ1v) is 11.1. The largest absolute Gasteiger partial charge is 0.419 e. The molecule has 37 heavy (non-hydrogen) atoms. The van der Waals surface area contributed by atoms with Gasteiger partial charge in [-0.25, -0.2) is 15.0 Å². The van der Waals surface area contributed by atoms with Gasteiger partial charge in [0.05, 0.1) is 42.5 Å². The zero-order chi connectivity index (χ0) is 26.8. The maximum atomic E-state index is 13.3. The fourth-order valence-electron chi connectivity index (χ4n) is 3.89. The van der Waals surface area contributed by atoms with E-state index in [1.54, 1.807) is 9.80 Å². The third kappa shape index (κ3) is 6.00. The molecule has 10 nitrogen and oxygen atoms in total. The summed E-state index contributed by atoms with van der Waals surface area (Å²) in [7, 11) is 0. The minimum absolute atomic E-state index is 0.0109. The van der Waals surface area contributed by atoms with Gasteiger partial charge in [0, 0.05) is 51.3 Å². The highest BCUT2D eigenvalue weighted by atomic mass is 19.4. The number of halogens is 6. The van der Waals surface area contributed by atoms with Crippen LogP contribution in [0.2, 0.25) is 0 Å². The van der Waals surface area contributed by atoms with E-state index in [-0.39, 0.29) is 43.7 Å². The Balaban J connectivity index is 1.23. The van der Waals surface area contributed by atoms with Gasteiger partial charge in [-0.2, -0.15) is 26.3 Å². The van der Waals surface area contributed by atoms with Crippen LogP contribution in [0.1, 0.15) is 17.5 Å². The summed E-state index contributed by atoms with van der Waals surface area (Å²) in [6, 6.07) is 0. The molecule has 200 valence electrons. The number of nitrogens with one attached hydrogen (secondary N) is 1. The number of ether oxygens (including phenoxy) is 1. The van der Waals surface area contributed by atoms with E-state index < -0.39 is 34.4 Å². The summed E-state index contributed by atoms with van der Waals surface area (Å²) < 4.78 is 84.4. The Morgan fingerprint density at radius 3 is 2.27 bits per heavy atom. The molecule has 4 heterocycles. The number of piperazine rings is 1. The van der Waals surface area contributed by atoms with Crippen molar-refractivity contribution in [3.8, 4) is 0 Å². The van der Waals surface area contributed by atoms with Gasteiger partial charge in [0.2, 0.25) is 11.9 Å². The van der Waals surface area contributed by atoms with Gasteiger partial charge in [0.1, 0.15) is 5.65 Å². The number of rotatable bonds is 7. The van der Waals surface area contributed by atoms with Gasteiger partial charge in [-0.05, 0) is 0 Å². The highest BCUT2D eigenvalue weighted by Gasteiger charge is 2.36. The number of nitrogens with zero attached hydrogens (tertiary/aromatic N) is 6. The second kappa shape index (κ2) is 10.4. The number of hydrogen-bond donors (Lipinski definition) is 1. The van der Waals surface area contributed by atoms with Crippen LogP contribution in [0.3, 0.4) is 0 Å². The monoisotopic (exact) mass is 533 g/mol. The first-order valence-electron chi connectivity index (χ1n) is 11.1. The predicted octanol–water partition coefficient (Wildman–Crippen LogP) is 2.31. The van der Waals surface area contributed by atoms with Crippen molar-refractivity contribution in [1.82, 2.24) is 29.4 Å². The van der Waals surface area contributed by atoms with Crippen LogP contribution >= 0.6 is 0 Å². The average molecular weight is 533 g/mol. The van der Waals surface area contributed by atoms with E-state index >= 15 is 0 Å². The molecule has 0 aromatic carbocycles. The second-order valence-electron chi connectivity index (χ2n) is 8.16. The van der Waals surface area contributed by atoms with Gasteiger partial charge < -0.3 is 24.1 Å². The molecule has 1 aliphatic rings. The molecule has 0 saturated carbocycles. The molecule has 1 saturated heterocycles. The maximum absolute atomic E-state index is 13.3. The number of alkyl halides is 6. The fraction of sp³-hybridized carbons (Fsp3) is 0.476. The van der Waals surface area contributed by atoms with Crippen molar-refractivity contribution in [3.63, 3.8) is 0 Å². The summed E-state index contributed by atoms with van der Waals surface area (Å²) in [5.41, 5.74) is -3.05. The Labute approximate surface area is 204 Å². The van der Waals surface area contributed by atoms with Crippen LogP contribution in [0.25, 0.3) is 11.0 Å². The number of carbonyl (C=O) groups excluding carboxylic acids is 1. The molecule has 0 bridgehead atoms. The molecular weight excluding hydrogens is 512 g/mol. The number of aromatic nitrogens is 5. The first kappa shape index (κ1) is 26.4. The number of carbonyl (C=O) groups is 1. The highest BCUT2D eigenvalue weighted by Crippen LogP contribution is 2.34. The van der Waals surface area contributed by atoms with Crippen molar-refractivity contribution in [2.75, 3.05) is 44.3 Å². The van der Waals surface area contributed by atoms with E-state index in [9.17, 15) is 35.9 Å². The summed E-state index contributed by atoms with van der Waals surface area (Å²) in [6.07, 6.45) is -5.96. The number of anilines is 1. The SMILES string of the molecule is O=C(CCOCCn1cc(C(F)(F)F)c2c(=O)[nH]cnc21)N1CCN(c2ncc(C(F)(F)F)cn2)CC1. The summed E-state index contributed by atoms with van der Waals surface area (Å²) in [5, 5.41) is -0.550. The average Bonchev–Trinajstić information content (AvgIpc) is 3.24. The Hall–Kier alpha value is -3.69. The lowest BCUT2D eigenvalue weighted by Gasteiger charge is -2.34. The van der Waals surface area contributed by atoms with E-state index in [2.05, 4.69) is 19.9 Å². The number of fused-ring (bicyclic) bond motifs is 1. The summed E-state index contributed by atoms with van der Waals surface area (Å²) in [4.78, 5) is 41.1. The lowest BCUT2D eigenvalue weighted by atomic mass is 10.2. The molecule has 0 aliphatic carbocycles. The lowest BCUT2D eigenvalue weighted by Crippen LogP contribution is -2.49. The van der Waals surface area contributed by atoms with Crippen molar-refractivity contribution in [3.05, 3.63) is 46.4 Å². The van der Waals surface area contributed by atoms with Gasteiger partial charge in [0.15, 0.2) is 0 Å². The van der Waals surface area contributed by atoms with Gasteiger partial charge in [0.25, 0.3) is 5.56 Å². The first-order chi connectivity index (χ1) is 17.4. The van der Waals surface area contributed by atoms with Crippen molar-refractivity contribution < 1.29 is 35.9 Å². The molecule has 3 aromatic rings. The van der Waals surface area contributed by atoms with Crippen molar-refractivity contribution in [2.24, 2.45) is 0 Å². The molecule has 1 N–H and O–H groups in total. The van der Waals surface area contributed by atoms with Crippen LogP contribution in [-0.2, 0) is 28.4 Å². The van der Waals surface area contributed by atoms with E-state index in [1.165, 1.54) is 4.57 Å². The van der Waals surface area contributed by atoms with Crippen LogP contribution in [0.4, 0.5) is 32.3 Å². The smallest absolute Gasteiger partial charge is 0.379 e. The van der Waals surface area contributed by atoms with Gasteiger partial charge >= 0.3 is 12.4 Å². The molecule has 16 heteroatoms. The number of H-pyrrole nitrogens is 1. The topological polar surface area (TPSA) is 109 Å². The van der Waals surface area contributed by atoms with Crippen LogP contribution in [-0.4, -0.2) is 74.7 Å². The third-order valence-corrected chi connectivity index (χ3v) is 5.78. The third-order valence-electron chi connectivity index (χ3n) is 5.78. The van der Waals surface area contributed by atoms with Crippen molar-refractivity contribution in [1.29, 1.82) is 0 Å². The highest BCUT2D eigenvalue weighted by molar-refractivity contribution is 5.80. The Morgan fingerprint density at radius 1 is 0.973 bits per heavy atom. The minimum atomic E-state index is -4.73. The molecule has 1 fully saturated rings. The summed E-state index contributed by atoms with van der Waals surface area (Å²) in [6.45, 7) is 1.32. The number of aromatic amines is 1. The molecule has 0 radical (unpaired) electrons. The molecule has 1 aliphatic heterocycles. The van der Waals surface area contributed by atoms with E-state index in [0.717, 1.165) is 12.5 Å². The van der Waals surface area contributed by atoms with Crippen molar-refractivity contribution >= 4 is 22.9 Å². The zero-order valence-corrected chi connectivity index (χ0v) is 19.1. The van der Waals surface area contributed by atoms with Crippen LogP contribution < -0.4 is 10.5 Å². The zero-order valence-electron chi connectivity index (χ0n) is 19.1. The molecule has 1 amide bonds. The fourth-order valence-corrected chi connectivity index (χ4v) is 3.89. The van der Waals surface area contributed by atoms with E-state index in [1.807, 2.05) is 0 Å². The molecule has 0 unspecified atom stereocenters. The van der Waals surface area contributed by atoms with Gasteiger partial charge in [-0.3, -0.25) is 9.59 Å². The molecule has 0 atom stereocenters. The normalized spacial score (nSPS) is 15.0. The van der Waals surface area contributed by atoms with Gasteiger partial charge in [-0.1, -0.05) is 0 Å². The summed E-state index contributed by atoms with van der Waals surface area (Å²) >= 11 is 0. The minimum Gasteiger partial charge on any atom is -0.379 e. The van der Waals surface area contributed by atoms with E-state index in [0.29, 0.717) is 38.6 Å². The Bertz CT molecular complexity index is 1300. The molecule has 0 spiro atoms. The summed E-state index contributed by atoms with van der Waals surface area (Å²) in [5.74, 6) is -0.0573. The molecule has 3 aromatic heterocycles. The van der Waals surface area contributed by atoms with Crippen molar-refractivity contribution in [2.45, 2.75) is 25.3 Å². The van der Waals surface area contributed by atoms with Gasteiger partial charge in [-0.15, -0.1) is 0 Å². The number of amides is 1. The second-order valence-corrected chi connectivity index (χ2v) is 8.16. The molecule has 4 rings (SSSR count). The molecular formula is C21H21F6N7O3. The lowest BCUT2D eigenvalue weighted by molar-refractivity contribution is -0.138. The maximum Gasteiger partial charge on any atom is 0.419 e. The standard InChI is InChI=1S/C21H21F6N7O3/c22-20(23,24)13-9-28-19(29-10-13)33-4-2-32(3-5-33)15(35)1-7-37-8-6-34-11-14(21(25,26)27)16-17(34)30-12-31-18(16)36/h9-12H,1-8H2,(H,30,31,36). The quantitative estimate of drug-likeness (QED) is 0.367. The number of hydrogen-bond acceptors (Lipinski definition) is 7. The van der Waals surface area contributed by atoms with Crippen LogP contribution in [0.5, 0.6) is 0 Å².